The molecule has 0 radical (unpaired) electrons. The number of benzene rings is 1. The Kier molecular flexibility index (Phi) is 8.94. The van der Waals surface area contributed by atoms with Gasteiger partial charge in [-0.2, -0.15) is 0 Å². The van der Waals surface area contributed by atoms with Crippen molar-refractivity contribution in [3.8, 4) is 0 Å². The van der Waals surface area contributed by atoms with Crippen molar-refractivity contribution in [2.75, 3.05) is 18.2 Å². The zero-order valence-corrected chi connectivity index (χ0v) is 19.3. The highest BCUT2D eigenvalue weighted by Crippen LogP contribution is 2.33. The van der Waals surface area contributed by atoms with Crippen LogP contribution in [0.1, 0.15) is 38.8 Å². The van der Waals surface area contributed by atoms with E-state index < -0.39 is 5.97 Å². The number of amides is 1. The van der Waals surface area contributed by atoms with Crippen LogP contribution in [0.25, 0.3) is 0 Å². The van der Waals surface area contributed by atoms with Crippen molar-refractivity contribution in [2.45, 2.75) is 32.9 Å². The normalized spacial score (nSPS) is 10.3. The second kappa shape index (κ2) is 11.2. The summed E-state index contributed by atoms with van der Waals surface area (Å²) < 4.78 is 4.89. The molecule has 0 bridgehead atoms. The molecule has 1 aromatic carbocycles. The fourth-order valence-corrected chi connectivity index (χ4v) is 4.80. The van der Waals surface area contributed by atoms with Crippen LogP contribution in [0.3, 0.4) is 0 Å². The lowest BCUT2D eigenvalue weighted by molar-refractivity contribution is -0.119. The average Bonchev–Trinajstić information content (AvgIpc) is 3.02. The molecule has 0 spiro atoms. The monoisotopic (exact) mass is 451 g/mol. The first kappa shape index (κ1) is 23.2. The fourth-order valence-electron chi connectivity index (χ4n) is 2.65. The predicted molar refractivity (Wildman–Crippen MR) is 125 cm³/mol. The molecule has 0 saturated carbocycles. The van der Waals surface area contributed by atoms with Gasteiger partial charge in [-0.1, -0.05) is 36.8 Å². The molecule has 0 unspecified atom stereocenters. The minimum Gasteiger partial charge on any atom is -0.465 e. The van der Waals surface area contributed by atoms with Gasteiger partial charge < -0.3 is 10.1 Å². The molecule has 1 aromatic heterocycles. The van der Waals surface area contributed by atoms with Crippen molar-refractivity contribution in [1.29, 1.82) is 0 Å². The number of methoxy groups -OCH3 is 1. The van der Waals surface area contributed by atoms with Gasteiger partial charge in [-0.15, -0.1) is 23.1 Å². The zero-order chi connectivity index (χ0) is 21.4. The van der Waals surface area contributed by atoms with Crippen LogP contribution < -0.4 is 16.2 Å². The number of thioether (sulfide) groups is 1. The molecule has 2 aromatic rings. The van der Waals surface area contributed by atoms with E-state index in [0.717, 1.165) is 16.2 Å². The van der Waals surface area contributed by atoms with Crippen molar-refractivity contribution >= 4 is 57.3 Å². The van der Waals surface area contributed by atoms with E-state index in [1.165, 1.54) is 41.3 Å². The third kappa shape index (κ3) is 6.73. The van der Waals surface area contributed by atoms with Gasteiger partial charge >= 0.3 is 5.97 Å². The smallest absolute Gasteiger partial charge is 0.341 e. The maximum Gasteiger partial charge on any atom is 0.341 e. The highest BCUT2D eigenvalue weighted by Gasteiger charge is 2.22. The maximum absolute atomic E-state index is 12.1. The summed E-state index contributed by atoms with van der Waals surface area (Å²) >= 11 is 8.18. The number of carbonyl (C=O) groups excluding carboxylic acids is 2. The molecule has 1 heterocycles. The van der Waals surface area contributed by atoms with Gasteiger partial charge in [0.25, 0.3) is 0 Å². The zero-order valence-electron chi connectivity index (χ0n) is 16.9. The summed E-state index contributed by atoms with van der Waals surface area (Å²) in [6.07, 6.45) is 0.712. The highest BCUT2D eigenvalue weighted by molar-refractivity contribution is 7.99. The number of anilines is 1. The van der Waals surface area contributed by atoms with Gasteiger partial charge in [-0.3, -0.25) is 15.6 Å². The Labute approximate surface area is 184 Å². The topological polar surface area (TPSA) is 79.5 Å². The van der Waals surface area contributed by atoms with Gasteiger partial charge in [0.1, 0.15) is 5.00 Å². The molecule has 1 amide bonds. The van der Waals surface area contributed by atoms with Crippen LogP contribution >= 0.6 is 35.3 Å². The van der Waals surface area contributed by atoms with Gasteiger partial charge in [0.15, 0.2) is 5.11 Å². The second-order valence-electron chi connectivity index (χ2n) is 6.29. The fraction of sp³-hybridized carbons (Fsp3) is 0.350. The Morgan fingerprint density at radius 3 is 2.48 bits per heavy atom. The second-order valence-corrected chi connectivity index (χ2v) is 8.91. The SMILES string of the molecule is CCc1c(C)sc(NC(=S)NNC(=O)CSCc2ccc(C)cc2)c1C(=O)OC. The molecule has 2 rings (SSSR count). The Hall–Kier alpha value is -2.10. The largest absolute Gasteiger partial charge is 0.465 e. The number of rotatable bonds is 7. The van der Waals surface area contributed by atoms with Crippen molar-refractivity contribution in [1.82, 2.24) is 10.9 Å². The highest BCUT2D eigenvalue weighted by atomic mass is 32.2. The molecular formula is C20H25N3O3S3. The number of nitrogens with one attached hydrogen (secondary N) is 3. The molecule has 0 atom stereocenters. The van der Waals surface area contributed by atoms with Crippen molar-refractivity contribution in [3.63, 3.8) is 0 Å². The van der Waals surface area contributed by atoms with E-state index in [1.54, 1.807) is 0 Å². The number of hydrazine groups is 1. The first-order valence-corrected chi connectivity index (χ1v) is 11.4. The van der Waals surface area contributed by atoms with E-state index in [4.69, 9.17) is 17.0 Å². The third-order valence-corrected chi connectivity index (χ3v) is 6.39. The van der Waals surface area contributed by atoms with E-state index in [1.807, 2.05) is 20.8 Å². The van der Waals surface area contributed by atoms with Gasteiger partial charge in [0.05, 0.1) is 18.4 Å². The summed E-state index contributed by atoms with van der Waals surface area (Å²) in [7, 11) is 1.35. The number of hydrogen-bond acceptors (Lipinski definition) is 6. The number of hydrogen-bond donors (Lipinski definition) is 3. The van der Waals surface area contributed by atoms with Gasteiger partial charge in [0, 0.05) is 10.6 Å². The van der Waals surface area contributed by atoms with Crippen LogP contribution in [0.4, 0.5) is 5.00 Å². The maximum atomic E-state index is 12.1. The molecular weight excluding hydrogens is 426 g/mol. The van der Waals surface area contributed by atoms with Crippen molar-refractivity contribution in [3.05, 3.63) is 51.4 Å². The quantitative estimate of drug-likeness (QED) is 0.334. The molecule has 0 aliphatic heterocycles. The van der Waals surface area contributed by atoms with Gasteiger partial charge in [-0.25, -0.2) is 4.79 Å². The average molecular weight is 452 g/mol. The van der Waals surface area contributed by atoms with Gasteiger partial charge in [-0.05, 0) is 43.6 Å². The lowest BCUT2D eigenvalue weighted by Crippen LogP contribution is -2.44. The molecule has 156 valence electrons. The summed E-state index contributed by atoms with van der Waals surface area (Å²) in [5, 5.41) is 3.79. The van der Waals surface area contributed by atoms with Crippen molar-refractivity contribution < 1.29 is 14.3 Å². The molecule has 3 N–H and O–H groups in total. The standard InChI is InChI=1S/C20H25N3O3S3/c1-5-15-13(3)29-18(17(15)19(25)26-4)21-20(27)23-22-16(24)11-28-10-14-8-6-12(2)7-9-14/h6-9H,5,10-11H2,1-4H3,(H,22,24)(H2,21,23,27). The summed E-state index contributed by atoms with van der Waals surface area (Å²) in [5.74, 6) is 0.464. The van der Waals surface area contributed by atoms with E-state index >= 15 is 0 Å². The summed E-state index contributed by atoms with van der Waals surface area (Å²) in [6, 6.07) is 8.23. The van der Waals surface area contributed by atoms with E-state index in [2.05, 4.69) is 40.4 Å². The number of ether oxygens (including phenoxy) is 1. The Morgan fingerprint density at radius 1 is 1.17 bits per heavy atom. The van der Waals surface area contributed by atoms with Crippen LogP contribution in [-0.4, -0.2) is 29.9 Å². The number of thiocarbonyl (C=S) groups is 1. The molecule has 6 nitrogen and oxygen atoms in total. The summed E-state index contributed by atoms with van der Waals surface area (Å²) in [6.45, 7) is 5.97. The molecule has 29 heavy (non-hydrogen) atoms. The lowest BCUT2D eigenvalue weighted by atomic mass is 10.1. The molecule has 0 fully saturated rings. The first-order chi connectivity index (χ1) is 13.8. The van der Waals surface area contributed by atoms with Crippen LogP contribution in [0.2, 0.25) is 0 Å². The lowest BCUT2D eigenvalue weighted by Gasteiger charge is -2.12. The van der Waals surface area contributed by atoms with Crippen molar-refractivity contribution in [2.24, 2.45) is 0 Å². The minimum absolute atomic E-state index is 0.184. The Bertz CT molecular complexity index is 879. The van der Waals surface area contributed by atoms with E-state index in [9.17, 15) is 9.59 Å². The first-order valence-electron chi connectivity index (χ1n) is 9.05. The number of aryl methyl sites for hydroxylation is 2. The number of esters is 1. The van der Waals surface area contributed by atoms with Gasteiger partial charge in [0.2, 0.25) is 5.91 Å². The predicted octanol–water partition coefficient (Wildman–Crippen LogP) is 3.96. The summed E-state index contributed by atoms with van der Waals surface area (Å²) in [5.41, 5.74) is 9.06. The summed E-state index contributed by atoms with van der Waals surface area (Å²) in [4.78, 5) is 25.2. The molecule has 0 aliphatic carbocycles. The molecule has 9 heteroatoms. The Morgan fingerprint density at radius 2 is 1.86 bits per heavy atom. The minimum atomic E-state index is -0.409. The van der Waals surface area contributed by atoms with E-state index in [-0.39, 0.29) is 11.0 Å². The van der Waals surface area contributed by atoms with E-state index in [0.29, 0.717) is 22.7 Å². The van der Waals surface area contributed by atoms with Crippen LogP contribution in [-0.2, 0) is 21.7 Å². The third-order valence-electron chi connectivity index (χ3n) is 4.12. The Balaban J connectivity index is 1.83. The number of carbonyl (C=O) groups is 2. The van der Waals surface area contributed by atoms with Crippen LogP contribution in [0.15, 0.2) is 24.3 Å². The van der Waals surface area contributed by atoms with Crippen LogP contribution in [0, 0.1) is 13.8 Å². The number of thiophene rings is 1. The van der Waals surface area contributed by atoms with Crippen LogP contribution in [0.5, 0.6) is 0 Å². The molecule has 0 aliphatic rings. The molecule has 0 saturated heterocycles.